The fourth-order valence-electron chi connectivity index (χ4n) is 3.86. The molecule has 1 aliphatic carbocycles. The molecule has 0 amide bonds. The van der Waals surface area contributed by atoms with E-state index in [0.717, 1.165) is 24.1 Å². The molecule has 2 heteroatoms. The van der Waals surface area contributed by atoms with Gasteiger partial charge in [-0.15, -0.1) is 0 Å². The Bertz CT molecular complexity index is 402. The molecule has 1 aromatic carbocycles. The Morgan fingerprint density at radius 3 is 2.83 bits per heavy atom. The van der Waals surface area contributed by atoms with Crippen molar-refractivity contribution in [2.24, 2.45) is 5.92 Å². The fourth-order valence-corrected chi connectivity index (χ4v) is 3.86. The van der Waals surface area contributed by atoms with Gasteiger partial charge in [0.2, 0.25) is 0 Å². The molecule has 1 heterocycles. The second-order valence-corrected chi connectivity index (χ2v) is 5.89. The van der Waals surface area contributed by atoms with Gasteiger partial charge in [-0.2, -0.15) is 0 Å². The van der Waals surface area contributed by atoms with Gasteiger partial charge in [-0.3, -0.25) is 4.90 Å². The van der Waals surface area contributed by atoms with Gasteiger partial charge in [0.15, 0.2) is 0 Å². The van der Waals surface area contributed by atoms with E-state index in [4.69, 9.17) is 5.73 Å². The van der Waals surface area contributed by atoms with Crippen LogP contribution in [-0.2, 0) is 6.42 Å². The summed E-state index contributed by atoms with van der Waals surface area (Å²) < 4.78 is 0. The fraction of sp³-hybridized carbons (Fsp3) is 0.625. The van der Waals surface area contributed by atoms with Crippen molar-refractivity contribution in [1.82, 2.24) is 4.90 Å². The third kappa shape index (κ3) is 2.39. The standard InChI is InChI=1S/C16H24N2/c17-15-8-2-1-5-13(15)10-12-18-11-4-7-14-6-3-9-16(14)18/h1-2,5,8,14,16H,3-4,6-7,9-12,17H2. The molecule has 1 saturated carbocycles. The number of rotatable bonds is 3. The van der Waals surface area contributed by atoms with Crippen LogP contribution in [0.4, 0.5) is 5.69 Å². The van der Waals surface area contributed by atoms with Crippen molar-refractivity contribution < 1.29 is 0 Å². The van der Waals surface area contributed by atoms with Gasteiger partial charge in [0.1, 0.15) is 0 Å². The molecule has 1 saturated heterocycles. The summed E-state index contributed by atoms with van der Waals surface area (Å²) in [5.74, 6) is 0.992. The molecule has 98 valence electrons. The minimum Gasteiger partial charge on any atom is -0.399 e. The van der Waals surface area contributed by atoms with Crippen molar-refractivity contribution in [3.8, 4) is 0 Å². The summed E-state index contributed by atoms with van der Waals surface area (Å²) in [6, 6.07) is 9.19. The number of para-hydroxylation sites is 1. The maximum absolute atomic E-state index is 6.02. The van der Waals surface area contributed by atoms with Gasteiger partial charge in [-0.1, -0.05) is 24.6 Å². The Morgan fingerprint density at radius 1 is 1.11 bits per heavy atom. The smallest absolute Gasteiger partial charge is 0.0347 e. The largest absolute Gasteiger partial charge is 0.399 e. The van der Waals surface area contributed by atoms with E-state index >= 15 is 0 Å². The SMILES string of the molecule is Nc1ccccc1CCN1CCCC2CCCC21. The van der Waals surface area contributed by atoms with E-state index in [0.29, 0.717) is 0 Å². The maximum atomic E-state index is 6.02. The molecular weight excluding hydrogens is 220 g/mol. The molecule has 2 unspecified atom stereocenters. The summed E-state index contributed by atoms with van der Waals surface area (Å²) in [6.45, 7) is 2.49. The number of benzene rings is 1. The van der Waals surface area contributed by atoms with Gasteiger partial charge >= 0.3 is 0 Å². The molecule has 2 atom stereocenters. The van der Waals surface area contributed by atoms with E-state index in [1.807, 2.05) is 12.1 Å². The van der Waals surface area contributed by atoms with Crippen LogP contribution in [0.2, 0.25) is 0 Å². The van der Waals surface area contributed by atoms with Gasteiger partial charge < -0.3 is 5.73 Å². The van der Waals surface area contributed by atoms with Crippen LogP contribution in [0, 0.1) is 5.92 Å². The summed E-state index contributed by atoms with van der Waals surface area (Å²) in [5, 5.41) is 0. The highest BCUT2D eigenvalue weighted by molar-refractivity contribution is 5.46. The van der Waals surface area contributed by atoms with Crippen LogP contribution in [-0.4, -0.2) is 24.0 Å². The molecule has 2 fully saturated rings. The molecule has 2 nitrogen and oxygen atoms in total. The minimum atomic E-state index is 0.878. The molecule has 0 bridgehead atoms. The van der Waals surface area contributed by atoms with Gasteiger partial charge in [-0.25, -0.2) is 0 Å². The summed E-state index contributed by atoms with van der Waals surface area (Å²) in [4.78, 5) is 2.73. The predicted octanol–water partition coefficient (Wildman–Crippen LogP) is 3.08. The zero-order valence-electron chi connectivity index (χ0n) is 11.1. The lowest BCUT2D eigenvalue weighted by molar-refractivity contribution is 0.115. The average Bonchev–Trinajstić information content (AvgIpc) is 2.86. The van der Waals surface area contributed by atoms with E-state index in [9.17, 15) is 0 Å². The third-order valence-corrected chi connectivity index (χ3v) is 4.83. The zero-order chi connectivity index (χ0) is 12.4. The topological polar surface area (TPSA) is 29.3 Å². The Kier molecular flexibility index (Phi) is 3.55. The lowest BCUT2D eigenvalue weighted by Gasteiger charge is -2.37. The van der Waals surface area contributed by atoms with Crippen molar-refractivity contribution in [3.05, 3.63) is 29.8 Å². The lowest BCUT2D eigenvalue weighted by Crippen LogP contribution is -2.43. The van der Waals surface area contributed by atoms with Gasteiger partial charge in [-0.05, 0) is 56.2 Å². The van der Waals surface area contributed by atoms with Crippen LogP contribution in [0.3, 0.4) is 0 Å². The van der Waals surface area contributed by atoms with Gasteiger partial charge in [0, 0.05) is 18.3 Å². The number of nitrogens with two attached hydrogens (primary N) is 1. The molecule has 0 aromatic heterocycles. The number of likely N-dealkylation sites (tertiary alicyclic amines) is 1. The molecule has 2 N–H and O–H groups in total. The number of hydrogen-bond donors (Lipinski definition) is 1. The van der Waals surface area contributed by atoms with Crippen LogP contribution in [0.15, 0.2) is 24.3 Å². The summed E-state index contributed by atoms with van der Waals surface area (Å²) >= 11 is 0. The highest BCUT2D eigenvalue weighted by Crippen LogP contribution is 2.36. The Balaban J connectivity index is 1.61. The molecular formula is C16H24N2. The first-order valence-corrected chi connectivity index (χ1v) is 7.42. The molecule has 3 rings (SSSR count). The van der Waals surface area contributed by atoms with Crippen molar-refractivity contribution in [2.75, 3.05) is 18.8 Å². The highest BCUT2D eigenvalue weighted by Gasteiger charge is 2.34. The quantitative estimate of drug-likeness (QED) is 0.828. The minimum absolute atomic E-state index is 0.878. The van der Waals surface area contributed by atoms with Gasteiger partial charge in [0.25, 0.3) is 0 Å². The lowest BCUT2D eigenvalue weighted by atomic mass is 9.91. The van der Waals surface area contributed by atoms with Crippen molar-refractivity contribution in [3.63, 3.8) is 0 Å². The van der Waals surface area contributed by atoms with E-state index < -0.39 is 0 Å². The second kappa shape index (κ2) is 5.31. The number of nitrogen functional groups attached to an aromatic ring is 1. The monoisotopic (exact) mass is 244 g/mol. The molecule has 0 spiro atoms. The summed E-state index contributed by atoms with van der Waals surface area (Å²) in [7, 11) is 0. The number of nitrogens with zero attached hydrogens (tertiary/aromatic N) is 1. The molecule has 1 aromatic rings. The Labute approximate surface area is 110 Å². The Hall–Kier alpha value is -1.02. The van der Waals surface area contributed by atoms with Crippen LogP contribution in [0.25, 0.3) is 0 Å². The summed E-state index contributed by atoms with van der Waals surface area (Å²) in [5.41, 5.74) is 8.30. The van der Waals surface area contributed by atoms with E-state index in [-0.39, 0.29) is 0 Å². The Morgan fingerprint density at radius 2 is 1.94 bits per heavy atom. The normalized spacial score (nSPS) is 28.2. The van der Waals surface area contributed by atoms with Crippen LogP contribution in [0.5, 0.6) is 0 Å². The third-order valence-electron chi connectivity index (χ3n) is 4.83. The van der Waals surface area contributed by atoms with Crippen molar-refractivity contribution in [2.45, 2.75) is 44.6 Å². The van der Waals surface area contributed by atoms with Gasteiger partial charge in [0.05, 0.1) is 0 Å². The second-order valence-electron chi connectivity index (χ2n) is 5.89. The number of anilines is 1. The summed E-state index contributed by atoms with van der Waals surface area (Å²) in [6.07, 6.45) is 8.30. The first-order valence-electron chi connectivity index (χ1n) is 7.42. The first-order chi connectivity index (χ1) is 8.84. The highest BCUT2D eigenvalue weighted by atomic mass is 15.2. The zero-order valence-corrected chi connectivity index (χ0v) is 11.1. The first kappa shape index (κ1) is 12.0. The van der Waals surface area contributed by atoms with Crippen LogP contribution >= 0.6 is 0 Å². The van der Waals surface area contributed by atoms with Crippen molar-refractivity contribution in [1.29, 1.82) is 0 Å². The molecule has 1 aliphatic heterocycles. The number of piperidine rings is 1. The van der Waals surface area contributed by atoms with Crippen LogP contribution in [0.1, 0.15) is 37.7 Å². The average molecular weight is 244 g/mol. The maximum Gasteiger partial charge on any atom is 0.0347 e. The predicted molar refractivity (Wildman–Crippen MR) is 76.5 cm³/mol. The van der Waals surface area contributed by atoms with Crippen molar-refractivity contribution >= 4 is 5.69 Å². The number of fused-ring (bicyclic) bond motifs is 1. The van der Waals surface area contributed by atoms with Crippen LogP contribution < -0.4 is 5.73 Å². The van der Waals surface area contributed by atoms with E-state index in [1.54, 1.807) is 0 Å². The molecule has 18 heavy (non-hydrogen) atoms. The van der Waals surface area contributed by atoms with E-state index in [1.165, 1.54) is 50.8 Å². The number of hydrogen-bond acceptors (Lipinski definition) is 2. The van der Waals surface area contributed by atoms with E-state index in [2.05, 4.69) is 17.0 Å². The molecule has 2 aliphatic rings. The molecule has 0 radical (unpaired) electrons.